The molecule has 2 atom stereocenters. The van der Waals surface area contributed by atoms with Crippen molar-refractivity contribution < 1.29 is 14.3 Å². The molecule has 2 unspecified atom stereocenters. The smallest absolute Gasteiger partial charge is 0.234 e. The van der Waals surface area contributed by atoms with Crippen LogP contribution in [0.4, 0.5) is 0 Å². The summed E-state index contributed by atoms with van der Waals surface area (Å²) in [5.41, 5.74) is 0.893. The maximum Gasteiger partial charge on any atom is 0.234 e. The van der Waals surface area contributed by atoms with Gasteiger partial charge in [0.25, 0.3) is 0 Å². The van der Waals surface area contributed by atoms with E-state index in [9.17, 15) is 9.59 Å². The summed E-state index contributed by atoms with van der Waals surface area (Å²) < 4.78 is 5.40. The van der Waals surface area contributed by atoms with Gasteiger partial charge in [0.2, 0.25) is 11.8 Å². The van der Waals surface area contributed by atoms with E-state index in [-0.39, 0.29) is 23.7 Å². The van der Waals surface area contributed by atoms with Gasteiger partial charge in [-0.15, -0.1) is 0 Å². The van der Waals surface area contributed by atoms with Crippen molar-refractivity contribution in [2.75, 3.05) is 13.2 Å². The van der Waals surface area contributed by atoms with Crippen molar-refractivity contribution in [3.63, 3.8) is 0 Å². The van der Waals surface area contributed by atoms with E-state index >= 15 is 0 Å². The van der Waals surface area contributed by atoms with Crippen LogP contribution in [-0.4, -0.2) is 25.0 Å². The maximum absolute atomic E-state index is 12.4. The first-order valence-corrected chi connectivity index (χ1v) is 7.70. The van der Waals surface area contributed by atoms with Gasteiger partial charge in [-0.25, -0.2) is 0 Å². The second-order valence-corrected chi connectivity index (χ2v) is 6.20. The van der Waals surface area contributed by atoms with E-state index in [1.165, 1.54) is 0 Å². The van der Waals surface area contributed by atoms with Crippen LogP contribution in [0, 0.1) is 11.8 Å². The molecule has 1 N–H and O–H groups in total. The summed E-state index contributed by atoms with van der Waals surface area (Å²) in [6.07, 6.45) is 2.21. The molecule has 5 heteroatoms. The second kappa shape index (κ2) is 6.16. The summed E-state index contributed by atoms with van der Waals surface area (Å²) >= 11 is 6.06. The van der Waals surface area contributed by atoms with E-state index in [1.807, 2.05) is 18.2 Å². The number of ether oxygens (including phenoxy) is 1. The fourth-order valence-electron chi connectivity index (χ4n) is 3.47. The molecule has 112 valence electrons. The molecule has 0 bridgehead atoms. The Morgan fingerprint density at radius 1 is 1.19 bits per heavy atom. The third-order valence-corrected chi connectivity index (χ3v) is 4.71. The van der Waals surface area contributed by atoms with Gasteiger partial charge < -0.3 is 4.74 Å². The molecule has 4 nitrogen and oxygen atoms in total. The van der Waals surface area contributed by atoms with Crippen LogP contribution in [0.2, 0.25) is 5.02 Å². The highest BCUT2D eigenvalue weighted by Gasteiger charge is 2.41. The third kappa shape index (κ3) is 3.11. The lowest BCUT2D eigenvalue weighted by Crippen LogP contribution is -2.47. The minimum atomic E-state index is -0.301. The maximum atomic E-state index is 12.4. The molecule has 0 aromatic heterocycles. The lowest BCUT2D eigenvalue weighted by molar-refractivity contribution is -0.138. The van der Waals surface area contributed by atoms with E-state index in [4.69, 9.17) is 16.3 Å². The first kappa shape index (κ1) is 14.5. The fourth-order valence-corrected chi connectivity index (χ4v) is 3.67. The lowest BCUT2D eigenvalue weighted by Gasteiger charge is -2.37. The van der Waals surface area contributed by atoms with Crippen LogP contribution < -0.4 is 5.32 Å². The molecule has 21 heavy (non-hydrogen) atoms. The number of nitrogens with one attached hydrogen (secondary N) is 1. The molecule has 2 heterocycles. The molecule has 2 saturated heterocycles. The normalized spacial score (nSPS) is 27.5. The minimum absolute atomic E-state index is 0.0358. The van der Waals surface area contributed by atoms with Gasteiger partial charge in [0.05, 0.1) is 5.92 Å². The summed E-state index contributed by atoms with van der Waals surface area (Å²) in [5.74, 6) is -0.296. The van der Waals surface area contributed by atoms with Crippen LogP contribution in [0.5, 0.6) is 0 Å². The zero-order valence-electron chi connectivity index (χ0n) is 11.7. The van der Waals surface area contributed by atoms with Crippen LogP contribution in [0.15, 0.2) is 24.3 Å². The minimum Gasteiger partial charge on any atom is -0.381 e. The van der Waals surface area contributed by atoms with Crippen molar-refractivity contribution in [1.82, 2.24) is 5.32 Å². The first-order valence-electron chi connectivity index (χ1n) is 7.32. The number of imide groups is 1. The van der Waals surface area contributed by atoms with Gasteiger partial charge >= 0.3 is 0 Å². The molecule has 2 aliphatic heterocycles. The Labute approximate surface area is 128 Å². The Morgan fingerprint density at radius 2 is 1.95 bits per heavy atom. The molecule has 0 aliphatic carbocycles. The van der Waals surface area contributed by atoms with Crippen molar-refractivity contribution >= 4 is 23.4 Å². The quantitative estimate of drug-likeness (QED) is 0.854. The number of halogens is 1. The Kier molecular flexibility index (Phi) is 4.27. The van der Waals surface area contributed by atoms with Crippen molar-refractivity contribution in [2.45, 2.75) is 25.2 Å². The molecule has 2 amide bonds. The van der Waals surface area contributed by atoms with E-state index < -0.39 is 0 Å². The highest BCUT2D eigenvalue weighted by molar-refractivity contribution is 6.30. The number of amides is 2. The van der Waals surface area contributed by atoms with Crippen molar-refractivity contribution in [2.24, 2.45) is 11.8 Å². The van der Waals surface area contributed by atoms with Gasteiger partial charge in [0.1, 0.15) is 0 Å². The van der Waals surface area contributed by atoms with E-state index in [0.29, 0.717) is 30.6 Å². The Hall–Kier alpha value is -1.39. The zero-order valence-corrected chi connectivity index (χ0v) is 12.4. The molecule has 1 aromatic rings. The van der Waals surface area contributed by atoms with Crippen molar-refractivity contribution in [3.8, 4) is 0 Å². The van der Waals surface area contributed by atoms with Crippen LogP contribution in [-0.2, 0) is 14.3 Å². The molecule has 0 spiro atoms. The number of carbonyl (C=O) groups is 2. The number of piperidine rings is 1. The zero-order chi connectivity index (χ0) is 14.8. The van der Waals surface area contributed by atoms with Crippen LogP contribution >= 0.6 is 11.6 Å². The van der Waals surface area contributed by atoms with E-state index in [0.717, 1.165) is 18.4 Å². The summed E-state index contributed by atoms with van der Waals surface area (Å²) in [4.78, 5) is 24.1. The molecule has 0 radical (unpaired) electrons. The average molecular weight is 308 g/mol. The predicted octanol–water partition coefficient (Wildman–Crippen LogP) is 2.51. The molecule has 3 rings (SSSR count). The molecule has 2 fully saturated rings. The van der Waals surface area contributed by atoms with Gasteiger partial charge in [-0.2, -0.15) is 0 Å². The van der Waals surface area contributed by atoms with Gasteiger partial charge in [-0.1, -0.05) is 23.7 Å². The Bertz CT molecular complexity index is 554. The SMILES string of the molecule is O=C1CC(C2CCOCC2)C(c2cccc(Cl)c2)C(=O)N1. The number of benzene rings is 1. The molecular weight excluding hydrogens is 290 g/mol. The number of rotatable bonds is 2. The summed E-state index contributed by atoms with van der Waals surface area (Å²) in [5, 5.41) is 3.08. The topological polar surface area (TPSA) is 55.4 Å². The van der Waals surface area contributed by atoms with Crippen molar-refractivity contribution in [3.05, 3.63) is 34.9 Å². The first-order chi connectivity index (χ1) is 10.1. The molecule has 1 aromatic carbocycles. The third-order valence-electron chi connectivity index (χ3n) is 4.47. The second-order valence-electron chi connectivity index (χ2n) is 5.76. The summed E-state index contributed by atoms with van der Waals surface area (Å²) in [6, 6.07) is 7.38. The van der Waals surface area contributed by atoms with Gasteiger partial charge in [0, 0.05) is 24.7 Å². The van der Waals surface area contributed by atoms with Gasteiger partial charge in [-0.3, -0.25) is 14.9 Å². The largest absolute Gasteiger partial charge is 0.381 e. The molecule has 2 aliphatic rings. The number of carbonyl (C=O) groups excluding carboxylic acids is 2. The van der Waals surface area contributed by atoms with Gasteiger partial charge in [-0.05, 0) is 42.4 Å². The highest BCUT2D eigenvalue weighted by atomic mass is 35.5. The summed E-state index contributed by atoms with van der Waals surface area (Å²) in [6.45, 7) is 1.42. The summed E-state index contributed by atoms with van der Waals surface area (Å²) in [7, 11) is 0. The van der Waals surface area contributed by atoms with Crippen LogP contribution in [0.25, 0.3) is 0 Å². The number of hydrogen-bond acceptors (Lipinski definition) is 3. The van der Waals surface area contributed by atoms with Crippen LogP contribution in [0.1, 0.15) is 30.7 Å². The van der Waals surface area contributed by atoms with E-state index in [1.54, 1.807) is 6.07 Å². The monoisotopic (exact) mass is 307 g/mol. The van der Waals surface area contributed by atoms with Gasteiger partial charge in [0.15, 0.2) is 0 Å². The van der Waals surface area contributed by atoms with Crippen molar-refractivity contribution in [1.29, 1.82) is 0 Å². The Balaban J connectivity index is 1.92. The fraction of sp³-hybridized carbons (Fsp3) is 0.500. The number of hydrogen-bond donors (Lipinski definition) is 1. The predicted molar refractivity (Wildman–Crippen MR) is 79.0 cm³/mol. The molecule has 0 saturated carbocycles. The Morgan fingerprint density at radius 3 is 2.67 bits per heavy atom. The van der Waals surface area contributed by atoms with Crippen LogP contribution in [0.3, 0.4) is 0 Å². The van der Waals surface area contributed by atoms with E-state index in [2.05, 4.69) is 5.32 Å². The standard InChI is InChI=1S/C16H18ClNO3/c17-12-3-1-2-11(8-12)15-13(9-14(19)18-16(15)20)10-4-6-21-7-5-10/h1-3,8,10,13,15H,4-7,9H2,(H,18,19,20). The molecular formula is C16H18ClNO3. The lowest BCUT2D eigenvalue weighted by atomic mass is 9.71. The highest BCUT2D eigenvalue weighted by Crippen LogP contribution is 2.40. The average Bonchev–Trinajstić information content (AvgIpc) is 2.47.